The third-order valence-corrected chi connectivity index (χ3v) is 5.59. The van der Waals surface area contributed by atoms with Gasteiger partial charge in [-0.3, -0.25) is 19.1 Å². The zero-order valence-electron chi connectivity index (χ0n) is 18.5. The van der Waals surface area contributed by atoms with Crippen LogP contribution in [0, 0.1) is 0 Å². The number of hydrogen-bond acceptors (Lipinski definition) is 5. The lowest BCUT2D eigenvalue weighted by Crippen LogP contribution is -2.13. The van der Waals surface area contributed by atoms with E-state index in [0.717, 1.165) is 31.1 Å². The molecule has 0 saturated heterocycles. The van der Waals surface area contributed by atoms with E-state index in [1.807, 2.05) is 12.1 Å². The predicted octanol–water partition coefficient (Wildman–Crippen LogP) is 5.33. The van der Waals surface area contributed by atoms with E-state index in [1.54, 1.807) is 30.3 Å². The maximum absolute atomic E-state index is 13.0. The Morgan fingerprint density at radius 1 is 1.03 bits per heavy atom. The Kier molecular flexibility index (Phi) is 7.12. The third kappa shape index (κ3) is 5.37. The zero-order valence-corrected chi connectivity index (χ0v) is 19.3. The first kappa shape index (κ1) is 23.3. The van der Waals surface area contributed by atoms with Crippen molar-refractivity contribution in [2.24, 2.45) is 0 Å². The summed E-state index contributed by atoms with van der Waals surface area (Å²) >= 11 is 6.08. The number of H-pyrrole nitrogens is 2. The number of halogens is 1. The number of nitrogens with zero attached hydrogens (tertiary/aromatic N) is 1. The van der Waals surface area contributed by atoms with Crippen LogP contribution in [0.3, 0.4) is 0 Å². The number of unbranched alkanes of at least 4 members (excludes halogenated alkanes) is 3. The number of aromatic nitrogens is 3. The molecule has 9 nitrogen and oxygen atoms in total. The van der Waals surface area contributed by atoms with Crippen molar-refractivity contribution in [1.29, 1.82) is 0 Å². The van der Waals surface area contributed by atoms with Crippen molar-refractivity contribution in [1.82, 2.24) is 15.1 Å². The van der Waals surface area contributed by atoms with Crippen LogP contribution < -0.4 is 16.4 Å². The molecule has 2 aromatic heterocycles. The van der Waals surface area contributed by atoms with Gasteiger partial charge in [-0.2, -0.15) is 0 Å². The Bertz CT molecular complexity index is 1390. The summed E-state index contributed by atoms with van der Waals surface area (Å²) < 4.78 is 4.57. The molecule has 0 fully saturated rings. The Hall–Kier alpha value is -3.85. The average molecular weight is 482 g/mol. The minimum Gasteiger partial charge on any atom is -0.349 e. The molecule has 2 heterocycles. The molecular formula is C24H24ClN5O4. The molecule has 2 aromatic carbocycles. The van der Waals surface area contributed by atoms with Crippen LogP contribution in [-0.2, 0) is 4.79 Å². The number of nitrogens with one attached hydrogen (secondary N) is 4. The van der Waals surface area contributed by atoms with E-state index < -0.39 is 11.7 Å². The number of hydrogen-bond donors (Lipinski definition) is 4. The first-order chi connectivity index (χ1) is 16.4. The van der Waals surface area contributed by atoms with Crippen LogP contribution in [0.1, 0.15) is 49.5 Å². The Balaban J connectivity index is 1.54. The summed E-state index contributed by atoms with van der Waals surface area (Å²) in [6.07, 6.45) is 4.54. The van der Waals surface area contributed by atoms with E-state index in [4.69, 9.17) is 11.6 Å². The molecule has 0 aliphatic rings. The van der Waals surface area contributed by atoms with E-state index in [0.29, 0.717) is 39.6 Å². The van der Waals surface area contributed by atoms with Gasteiger partial charge in [0.05, 0.1) is 16.9 Å². The Morgan fingerprint density at radius 2 is 1.88 bits per heavy atom. The summed E-state index contributed by atoms with van der Waals surface area (Å²) in [5.74, 6) is -1.05. The van der Waals surface area contributed by atoms with Crippen molar-refractivity contribution >= 4 is 45.7 Å². The first-order valence-corrected chi connectivity index (χ1v) is 11.4. The zero-order chi connectivity index (χ0) is 24.1. The fraction of sp³-hybridized carbons (Fsp3) is 0.250. The first-order valence-electron chi connectivity index (χ1n) is 11.0. The number of rotatable bonds is 9. The second kappa shape index (κ2) is 10.4. The molecule has 0 aliphatic heterocycles. The predicted molar refractivity (Wildman–Crippen MR) is 131 cm³/mol. The topological polar surface area (TPSA) is 133 Å². The smallest absolute Gasteiger partial charge is 0.349 e. The van der Waals surface area contributed by atoms with E-state index in [2.05, 4.69) is 37.2 Å². The highest BCUT2D eigenvalue weighted by atomic mass is 35.5. The lowest BCUT2D eigenvalue weighted by Gasteiger charge is -2.09. The van der Waals surface area contributed by atoms with Crippen LogP contribution in [0.5, 0.6) is 0 Å². The second-order valence-corrected chi connectivity index (χ2v) is 8.34. The van der Waals surface area contributed by atoms with Crippen LogP contribution >= 0.6 is 11.6 Å². The van der Waals surface area contributed by atoms with Crippen LogP contribution in [0.25, 0.3) is 22.3 Å². The van der Waals surface area contributed by atoms with Crippen LogP contribution in [0.2, 0.25) is 5.02 Å². The molecule has 4 aromatic rings. The second-order valence-electron chi connectivity index (χ2n) is 7.90. The summed E-state index contributed by atoms with van der Waals surface area (Å²) in [4.78, 5) is 42.3. The fourth-order valence-electron chi connectivity index (χ4n) is 3.66. The number of fused-ring (bicyclic) bond motifs is 1. The molecule has 10 heteroatoms. The van der Waals surface area contributed by atoms with E-state index in [-0.39, 0.29) is 11.7 Å². The molecule has 34 heavy (non-hydrogen) atoms. The summed E-state index contributed by atoms with van der Waals surface area (Å²) in [6, 6.07) is 12.0. The van der Waals surface area contributed by atoms with Gasteiger partial charge in [-0.25, -0.2) is 4.79 Å². The number of anilines is 2. The van der Waals surface area contributed by atoms with Crippen molar-refractivity contribution in [3.05, 3.63) is 63.7 Å². The van der Waals surface area contributed by atoms with E-state index in [9.17, 15) is 14.4 Å². The monoisotopic (exact) mass is 481 g/mol. The van der Waals surface area contributed by atoms with Gasteiger partial charge in [-0.1, -0.05) is 55.1 Å². The summed E-state index contributed by atoms with van der Waals surface area (Å²) in [6.45, 7) is 2.13. The van der Waals surface area contributed by atoms with Crippen LogP contribution in [0.15, 0.2) is 51.8 Å². The maximum Gasteiger partial charge on any atom is 0.439 e. The minimum atomic E-state index is -0.720. The summed E-state index contributed by atoms with van der Waals surface area (Å²) in [7, 11) is 0. The van der Waals surface area contributed by atoms with Gasteiger partial charge in [-0.05, 0) is 36.8 Å². The number of benzene rings is 2. The Morgan fingerprint density at radius 3 is 2.65 bits per heavy atom. The van der Waals surface area contributed by atoms with Gasteiger partial charge in [0.25, 0.3) is 5.91 Å². The van der Waals surface area contributed by atoms with Crippen LogP contribution in [0.4, 0.5) is 11.4 Å². The molecule has 0 spiro atoms. The summed E-state index contributed by atoms with van der Waals surface area (Å²) in [5.41, 5.74) is 2.36. The quantitative estimate of drug-likeness (QED) is 0.240. The molecule has 0 bridgehead atoms. The number of amides is 2. The largest absolute Gasteiger partial charge is 0.439 e. The highest BCUT2D eigenvalue weighted by Gasteiger charge is 2.17. The lowest BCUT2D eigenvalue weighted by atomic mass is 10.1. The van der Waals surface area contributed by atoms with Gasteiger partial charge in [0.1, 0.15) is 5.69 Å². The van der Waals surface area contributed by atoms with Gasteiger partial charge in [0.2, 0.25) is 5.91 Å². The molecule has 4 N–H and O–H groups in total. The van der Waals surface area contributed by atoms with Gasteiger partial charge in [-0.15, -0.1) is 0 Å². The molecular weight excluding hydrogens is 458 g/mol. The van der Waals surface area contributed by atoms with Gasteiger partial charge >= 0.3 is 5.76 Å². The number of para-hydroxylation sites is 1. The van der Waals surface area contributed by atoms with Gasteiger partial charge < -0.3 is 15.6 Å². The van der Waals surface area contributed by atoms with Crippen molar-refractivity contribution in [3.8, 4) is 11.4 Å². The maximum atomic E-state index is 13.0. The van der Waals surface area contributed by atoms with E-state index in [1.165, 1.54) is 0 Å². The molecule has 0 unspecified atom stereocenters. The number of carbonyl (C=O) groups excluding carboxylic acids is 2. The SMILES string of the molecule is CCCCCCC(=O)Nc1cccc2cc(C(=O)Nc3ccc(Cl)cc3-c3noc(=O)[nH]3)[nH]c12. The fourth-order valence-corrected chi connectivity index (χ4v) is 3.84. The van der Waals surface area contributed by atoms with E-state index >= 15 is 0 Å². The third-order valence-electron chi connectivity index (χ3n) is 5.36. The Labute approximate surface area is 199 Å². The highest BCUT2D eigenvalue weighted by Crippen LogP contribution is 2.29. The van der Waals surface area contributed by atoms with Crippen molar-refractivity contribution in [2.45, 2.75) is 39.0 Å². The molecule has 2 amide bonds. The standard InChI is InChI=1S/C24H24ClN5O4/c1-2-3-4-5-9-20(31)26-18-8-6-7-14-12-19(27-21(14)18)23(32)28-17-11-10-15(25)13-16(17)22-29-24(33)34-30-22/h6-8,10-13,27H,2-5,9H2,1H3,(H,26,31)(H,28,32)(H,29,30,33). The van der Waals surface area contributed by atoms with Crippen LogP contribution in [-0.4, -0.2) is 26.9 Å². The number of carbonyl (C=O) groups is 2. The minimum absolute atomic E-state index is 0.0587. The van der Waals surface area contributed by atoms with Crippen molar-refractivity contribution in [2.75, 3.05) is 10.6 Å². The summed E-state index contributed by atoms with van der Waals surface area (Å²) in [5, 5.41) is 10.6. The molecule has 4 rings (SSSR count). The van der Waals surface area contributed by atoms with Crippen molar-refractivity contribution in [3.63, 3.8) is 0 Å². The van der Waals surface area contributed by atoms with Gasteiger partial charge in [0, 0.05) is 22.4 Å². The molecule has 0 radical (unpaired) electrons. The molecule has 0 saturated carbocycles. The lowest BCUT2D eigenvalue weighted by molar-refractivity contribution is -0.116. The number of aromatic amines is 2. The normalized spacial score (nSPS) is 11.0. The molecule has 0 aliphatic carbocycles. The van der Waals surface area contributed by atoms with Crippen molar-refractivity contribution < 1.29 is 14.1 Å². The van der Waals surface area contributed by atoms with Gasteiger partial charge in [0.15, 0.2) is 5.82 Å². The average Bonchev–Trinajstić information content (AvgIpc) is 3.45. The molecule has 0 atom stereocenters. The highest BCUT2D eigenvalue weighted by molar-refractivity contribution is 6.31. The molecule has 176 valence electrons.